The first kappa shape index (κ1) is 12.9. The number of amides is 1. The standard InChI is InChI=1S/C14H20N2O2/c1-10-2-5-12(15)8-13(10)16-14(17)6-7-18-9-11-3-4-11/h2,5,8,11H,3-4,6-7,9,15H2,1H3,(H,16,17). The topological polar surface area (TPSA) is 64.3 Å². The number of ether oxygens (including phenoxy) is 1. The molecule has 18 heavy (non-hydrogen) atoms. The summed E-state index contributed by atoms with van der Waals surface area (Å²) in [5.74, 6) is 0.712. The molecule has 4 nitrogen and oxygen atoms in total. The molecule has 0 aromatic heterocycles. The molecule has 0 unspecified atom stereocenters. The van der Waals surface area contributed by atoms with Crippen LogP contribution >= 0.6 is 0 Å². The molecule has 0 atom stereocenters. The van der Waals surface area contributed by atoms with Crippen LogP contribution in [0.4, 0.5) is 11.4 Å². The number of nitrogens with one attached hydrogen (secondary N) is 1. The number of carbonyl (C=O) groups excluding carboxylic acids is 1. The zero-order valence-corrected chi connectivity index (χ0v) is 10.7. The van der Waals surface area contributed by atoms with Gasteiger partial charge in [0, 0.05) is 18.0 Å². The second-order valence-corrected chi connectivity index (χ2v) is 4.89. The van der Waals surface area contributed by atoms with Crippen molar-refractivity contribution in [3.63, 3.8) is 0 Å². The molecule has 1 amide bonds. The Labute approximate surface area is 108 Å². The Morgan fingerprint density at radius 3 is 3.00 bits per heavy atom. The summed E-state index contributed by atoms with van der Waals surface area (Å²) in [6.07, 6.45) is 2.93. The Kier molecular flexibility index (Phi) is 4.20. The van der Waals surface area contributed by atoms with Crippen molar-refractivity contribution < 1.29 is 9.53 Å². The maximum absolute atomic E-state index is 11.7. The maximum atomic E-state index is 11.7. The molecule has 1 saturated carbocycles. The Morgan fingerprint density at radius 2 is 2.28 bits per heavy atom. The normalized spacial score (nSPS) is 14.5. The van der Waals surface area contributed by atoms with Gasteiger partial charge in [0.05, 0.1) is 13.0 Å². The minimum absolute atomic E-state index is 0.0282. The highest BCUT2D eigenvalue weighted by atomic mass is 16.5. The predicted molar refractivity (Wildman–Crippen MR) is 72.4 cm³/mol. The molecule has 4 heteroatoms. The highest BCUT2D eigenvalue weighted by molar-refractivity contribution is 5.92. The molecular weight excluding hydrogens is 228 g/mol. The number of anilines is 2. The van der Waals surface area contributed by atoms with E-state index in [0.29, 0.717) is 18.7 Å². The minimum Gasteiger partial charge on any atom is -0.399 e. The molecule has 0 radical (unpaired) electrons. The van der Waals surface area contributed by atoms with Gasteiger partial charge in [-0.15, -0.1) is 0 Å². The van der Waals surface area contributed by atoms with E-state index < -0.39 is 0 Å². The van der Waals surface area contributed by atoms with Crippen LogP contribution in [0.15, 0.2) is 18.2 Å². The van der Waals surface area contributed by atoms with E-state index >= 15 is 0 Å². The van der Waals surface area contributed by atoms with Gasteiger partial charge in [-0.25, -0.2) is 0 Å². The largest absolute Gasteiger partial charge is 0.399 e. The molecule has 1 aliphatic carbocycles. The average molecular weight is 248 g/mol. The Morgan fingerprint density at radius 1 is 1.50 bits per heavy atom. The molecule has 3 N–H and O–H groups in total. The first-order valence-electron chi connectivity index (χ1n) is 6.39. The number of nitrogens with two attached hydrogens (primary N) is 1. The lowest BCUT2D eigenvalue weighted by molar-refractivity contribution is -0.117. The fourth-order valence-corrected chi connectivity index (χ4v) is 1.69. The first-order chi connectivity index (χ1) is 8.65. The van der Waals surface area contributed by atoms with Crippen LogP contribution in [-0.4, -0.2) is 19.1 Å². The van der Waals surface area contributed by atoms with E-state index in [1.165, 1.54) is 12.8 Å². The SMILES string of the molecule is Cc1ccc(N)cc1NC(=O)CCOCC1CC1. The van der Waals surface area contributed by atoms with Crippen LogP contribution in [0.5, 0.6) is 0 Å². The van der Waals surface area contributed by atoms with Crippen LogP contribution in [0, 0.1) is 12.8 Å². The third kappa shape index (κ3) is 4.04. The van der Waals surface area contributed by atoms with Gasteiger partial charge in [0.2, 0.25) is 5.91 Å². The Hall–Kier alpha value is -1.55. The van der Waals surface area contributed by atoms with Crippen molar-refractivity contribution in [1.82, 2.24) is 0 Å². The number of hydrogen-bond acceptors (Lipinski definition) is 3. The van der Waals surface area contributed by atoms with Gasteiger partial charge in [0.15, 0.2) is 0 Å². The molecule has 1 fully saturated rings. The van der Waals surface area contributed by atoms with Crippen molar-refractivity contribution in [2.24, 2.45) is 5.92 Å². The molecule has 2 rings (SSSR count). The molecule has 1 aliphatic rings. The summed E-state index contributed by atoms with van der Waals surface area (Å²) in [6.45, 7) is 3.23. The lowest BCUT2D eigenvalue weighted by Crippen LogP contribution is -2.15. The number of benzene rings is 1. The number of hydrogen-bond donors (Lipinski definition) is 2. The molecule has 1 aromatic carbocycles. The van der Waals surface area contributed by atoms with Crippen molar-refractivity contribution in [2.75, 3.05) is 24.3 Å². The maximum Gasteiger partial charge on any atom is 0.226 e. The molecule has 0 bridgehead atoms. The van der Waals surface area contributed by atoms with Gasteiger partial charge >= 0.3 is 0 Å². The van der Waals surface area contributed by atoms with Crippen molar-refractivity contribution in [3.05, 3.63) is 23.8 Å². The molecule has 0 heterocycles. The van der Waals surface area contributed by atoms with Gasteiger partial charge in [0.25, 0.3) is 0 Å². The summed E-state index contributed by atoms with van der Waals surface area (Å²) in [7, 11) is 0. The Bertz CT molecular complexity index is 428. The minimum atomic E-state index is -0.0282. The third-order valence-corrected chi connectivity index (χ3v) is 3.06. The zero-order chi connectivity index (χ0) is 13.0. The fraction of sp³-hybridized carbons (Fsp3) is 0.500. The average Bonchev–Trinajstić information content (AvgIpc) is 3.13. The molecule has 1 aromatic rings. The second-order valence-electron chi connectivity index (χ2n) is 4.89. The highest BCUT2D eigenvalue weighted by Gasteiger charge is 2.21. The number of aryl methyl sites for hydroxylation is 1. The summed E-state index contributed by atoms with van der Waals surface area (Å²) in [5, 5.41) is 2.86. The van der Waals surface area contributed by atoms with Crippen LogP contribution in [0.25, 0.3) is 0 Å². The quantitative estimate of drug-likeness (QED) is 0.600. The lowest BCUT2D eigenvalue weighted by Gasteiger charge is -2.09. The first-order valence-corrected chi connectivity index (χ1v) is 6.39. The van der Waals surface area contributed by atoms with E-state index in [9.17, 15) is 4.79 Å². The smallest absolute Gasteiger partial charge is 0.226 e. The van der Waals surface area contributed by atoms with Gasteiger partial charge in [-0.2, -0.15) is 0 Å². The van der Waals surface area contributed by atoms with Crippen LogP contribution in [0.1, 0.15) is 24.8 Å². The van der Waals surface area contributed by atoms with Gasteiger partial charge < -0.3 is 15.8 Å². The molecule has 0 spiro atoms. The summed E-state index contributed by atoms with van der Waals surface area (Å²) in [4.78, 5) is 11.7. The van der Waals surface area contributed by atoms with Gasteiger partial charge in [-0.3, -0.25) is 4.79 Å². The predicted octanol–water partition coefficient (Wildman–Crippen LogP) is 2.33. The van der Waals surface area contributed by atoms with Gasteiger partial charge in [-0.1, -0.05) is 6.07 Å². The summed E-state index contributed by atoms with van der Waals surface area (Å²) >= 11 is 0. The Balaban J connectivity index is 1.73. The van der Waals surface area contributed by atoms with E-state index in [1.54, 1.807) is 6.07 Å². The second kappa shape index (κ2) is 5.87. The lowest BCUT2D eigenvalue weighted by atomic mass is 10.2. The molecule has 0 aliphatic heterocycles. The molecule has 0 saturated heterocycles. The van der Waals surface area contributed by atoms with E-state index in [1.807, 2.05) is 19.1 Å². The van der Waals surface area contributed by atoms with Crippen molar-refractivity contribution in [1.29, 1.82) is 0 Å². The van der Waals surface area contributed by atoms with Crippen LogP contribution in [0.2, 0.25) is 0 Å². The van der Waals surface area contributed by atoms with Gasteiger partial charge in [-0.05, 0) is 43.4 Å². The van der Waals surface area contributed by atoms with Crippen molar-refractivity contribution >= 4 is 17.3 Å². The number of rotatable bonds is 6. The van der Waals surface area contributed by atoms with Gasteiger partial charge in [0.1, 0.15) is 0 Å². The van der Waals surface area contributed by atoms with E-state index in [-0.39, 0.29) is 5.91 Å². The molecule has 98 valence electrons. The summed E-state index contributed by atoms with van der Waals surface area (Å²) in [6, 6.07) is 5.50. The van der Waals surface area contributed by atoms with Crippen LogP contribution < -0.4 is 11.1 Å². The third-order valence-electron chi connectivity index (χ3n) is 3.06. The zero-order valence-electron chi connectivity index (χ0n) is 10.7. The van der Waals surface area contributed by atoms with Crippen molar-refractivity contribution in [2.45, 2.75) is 26.2 Å². The fourth-order valence-electron chi connectivity index (χ4n) is 1.69. The summed E-state index contributed by atoms with van der Waals surface area (Å²) < 4.78 is 5.43. The van der Waals surface area contributed by atoms with Crippen LogP contribution in [0.3, 0.4) is 0 Å². The van der Waals surface area contributed by atoms with E-state index in [2.05, 4.69) is 5.32 Å². The molecular formula is C14H20N2O2. The van der Waals surface area contributed by atoms with E-state index in [0.717, 1.165) is 23.8 Å². The highest BCUT2D eigenvalue weighted by Crippen LogP contribution is 2.28. The van der Waals surface area contributed by atoms with Crippen LogP contribution in [-0.2, 0) is 9.53 Å². The number of carbonyl (C=O) groups is 1. The summed E-state index contributed by atoms with van der Waals surface area (Å²) in [5.41, 5.74) is 8.13. The monoisotopic (exact) mass is 248 g/mol. The van der Waals surface area contributed by atoms with Crippen molar-refractivity contribution in [3.8, 4) is 0 Å². The number of nitrogen functional groups attached to an aromatic ring is 1. The van der Waals surface area contributed by atoms with E-state index in [4.69, 9.17) is 10.5 Å².